The van der Waals surface area contributed by atoms with Crippen LogP contribution in [0.15, 0.2) is 42.5 Å². The van der Waals surface area contributed by atoms with Gasteiger partial charge in [-0.1, -0.05) is 30.3 Å². The van der Waals surface area contributed by atoms with Crippen molar-refractivity contribution in [2.45, 2.75) is 6.92 Å². The minimum absolute atomic E-state index is 0.228. The van der Waals surface area contributed by atoms with Gasteiger partial charge in [0.05, 0.1) is 0 Å². The summed E-state index contributed by atoms with van der Waals surface area (Å²) in [6, 6.07) is 12.4. The monoisotopic (exact) mass is 200 g/mol. The Balaban J connectivity index is 2.65. The molecule has 0 aliphatic rings. The summed E-state index contributed by atoms with van der Waals surface area (Å²) in [5, 5.41) is 19.3. The summed E-state index contributed by atoms with van der Waals surface area (Å²) in [5.74, 6) is 0.474. The van der Waals surface area contributed by atoms with Gasteiger partial charge in [-0.25, -0.2) is 0 Å². The van der Waals surface area contributed by atoms with Crippen LogP contribution in [0.1, 0.15) is 5.56 Å². The molecular formula is C13H12O2. The average Bonchev–Trinajstić information content (AvgIpc) is 2.23. The predicted octanol–water partition coefficient (Wildman–Crippen LogP) is 3.07. The standard InChI is InChI=1S/C13H12O2/c1-9-10(6-4-8-12(9)14)11-5-2-3-7-13(11)15/h2-8,14-15H,1H3. The Morgan fingerprint density at radius 3 is 2.07 bits per heavy atom. The topological polar surface area (TPSA) is 40.5 Å². The summed E-state index contributed by atoms with van der Waals surface area (Å²) in [4.78, 5) is 0. The summed E-state index contributed by atoms with van der Waals surface area (Å²) in [6.45, 7) is 1.83. The van der Waals surface area contributed by atoms with Gasteiger partial charge in [0, 0.05) is 5.56 Å². The average molecular weight is 200 g/mol. The number of aromatic hydroxyl groups is 2. The Labute approximate surface area is 88.4 Å². The van der Waals surface area contributed by atoms with E-state index in [1.54, 1.807) is 24.3 Å². The van der Waals surface area contributed by atoms with Crippen LogP contribution in [0.5, 0.6) is 11.5 Å². The van der Waals surface area contributed by atoms with Gasteiger partial charge in [0.25, 0.3) is 0 Å². The van der Waals surface area contributed by atoms with Crippen LogP contribution >= 0.6 is 0 Å². The van der Waals surface area contributed by atoms with Crippen molar-refractivity contribution in [1.82, 2.24) is 0 Å². The zero-order chi connectivity index (χ0) is 10.8. The first-order valence-electron chi connectivity index (χ1n) is 4.77. The van der Waals surface area contributed by atoms with Crippen LogP contribution in [0, 0.1) is 6.92 Å². The van der Waals surface area contributed by atoms with Crippen LogP contribution in [-0.4, -0.2) is 10.2 Å². The smallest absolute Gasteiger partial charge is 0.123 e. The van der Waals surface area contributed by atoms with Crippen LogP contribution in [0.4, 0.5) is 0 Å². The lowest BCUT2D eigenvalue weighted by Crippen LogP contribution is -1.84. The molecule has 15 heavy (non-hydrogen) atoms. The normalized spacial score (nSPS) is 10.2. The second-order valence-corrected chi connectivity index (χ2v) is 3.47. The molecule has 2 aromatic rings. The first-order valence-corrected chi connectivity index (χ1v) is 4.77. The number of phenols is 2. The van der Waals surface area contributed by atoms with Crippen LogP contribution in [-0.2, 0) is 0 Å². The van der Waals surface area contributed by atoms with Crippen molar-refractivity contribution in [1.29, 1.82) is 0 Å². The molecule has 76 valence electrons. The molecule has 0 amide bonds. The van der Waals surface area contributed by atoms with Gasteiger partial charge in [0.15, 0.2) is 0 Å². The molecule has 0 bridgehead atoms. The maximum Gasteiger partial charge on any atom is 0.123 e. The Kier molecular flexibility index (Phi) is 2.34. The maximum absolute atomic E-state index is 9.70. The van der Waals surface area contributed by atoms with E-state index in [1.807, 2.05) is 25.1 Å². The number of hydrogen-bond donors (Lipinski definition) is 2. The highest BCUT2D eigenvalue weighted by Crippen LogP contribution is 2.34. The van der Waals surface area contributed by atoms with E-state index in [0.717, 1.165) is 16.7 Å². The van der Waals surface area contributed by atoms with E-state index in [4.69, 9.17) is 0 Å². The van der Waals surface area contributed by atoms with Gasteiger partial charge in [-0.05, 0) is 30.2 Å². The third-order valence-electron chi connectivity index (χ3n) is 2.50. The van der Waals surface area contributed by atoms with Gasteiger partial charge in [-0.2, -0.15) is 0 Å². The van der Waals surface area contributed by atoms with Gasteiger partial charge < -0.3 is 10.2 Å². The molecule has 0 fully saturated rings. The fraction of sp³-hybridized carbons (Fsp3) is 0.0769. The predicted molar refractivity (Wildman–Crippen MR) is 59.9 cm³/mol. The third-order valence-corrected chi connectivity index (χ3v) is 2.50. The number of benzene rings is 2. The Hall–Kier alpha value is -1.96. The largest absolute Gasteiger partial charge is 0.508 e. The van der Waals surface area contributed by atoms with Crippen molar-refractivity contribution in [3.63, 3.8) is 0 Å². The second kappa shape index (κ2) is 3.65. The zero-order valence-electron chi connectivity index (χ0n) is 8.44. The molecule has 0 heterocycles. The lowest BCUT2D eigenvalue weighted by Gasteiger charge is -2.08. The molecule has 2 heteroatoms. The van der Waals surface area contributed by atoms with Crippen LogP contribution in [0.2, 0.25) is 0 Å². The lowest BCUT2D eigenvalue weighted by atomic mass is 9.99. The number of para-hydroxylation sites is 1. The molecule has 2 aromatic carbocycles. The molecule has 2 nitrogen and oxygen atoms in total. The van der Waals surface area contributed by atoms with E-state index in [9.17, 15) is 10.2 Å². The van der Waals surface area contributed by atoms with Crippen molar-refractivity contribution in [3.8, 4) is 22.6 Å². The lowest BCUT2D eigenvalue weighted by molar-refractivity contribution is 0.470. The summed E-state index contributed by atoms with van der Waals surface area (Å²) in [6.07, 6.45) is 0. The van der Waals surface area contributed by atoms with Crippen LogP contribution < -0.4 is 0 Å². The van der Waals surface area contributed by atoms with E-state index < -0.39 is 0 Å². The van der Waals surface area contributed by atoms with E-state index in [1.165, 1.54) is 0 Å². The Morgan fingerprint density at radius 2 is 1.33 bits per heavy atom. The van der Waals surface area contributed by atoms with Gasteiger partial charge in [-0.3, -0.25) is 0 Å². The number of rotatable bonds is 1. The van der Waals surface area contributed by atoms with Gasteiger partial charge in [0.2, 0.25) is 0 Å². The summed E-state index contributed by atoms with van der Waals surface area (Å²) in [5.41, 5.74) is 2.37. The Bertz CT molecular complexity index is 490. The van der Waals surface area contributed by atoms with E-state index in [-0.39, 0.29) is 11.5 Å². The summed E-state index contributed by atoms with van der Waals surface area (Å²) in [7, 11) is 0. The SMILES string of the molecule is Cc1c(O)cccc1-c1ccccc1O. The first kappa shape index (κ1) is 9.59. The van der Waals surface area contributed by atoms with Crippen LogP contribution in [0.3, 0.4) is 0 Å². The van der Waals surface area contributed by atoms with Crippen molar-refractivity contribution >= 4 is 0 Å². The zero-order valence-corrected chi connectivity index (χ0v) is 8.44. The molecule has 0 atom stereocenters. The van der Waals surface area contributed by atoms with Crippen molar-refractivity contribution in [3.05, 3.63) is 48.0 Å². The number of phenolic OH excluding ortho intramolecular Hbond substituents is 2. The summed E-state index contributed by atoms with van der Waals surface area (Å²) >= 11 is 0. The van der Waals surface area contributed by atoms with E-state index in [2.05, 4.69) is 0 Å². The molecule has 0 saturated heterocycles. The molecular weight excluding hydrogens is 188 g/mol. The molecule has 0 spiro atoms. The van der Waals surface area contributed by atoms with Gasteiger partial charge >= 0.3 is 0 Å². The molecule has 0 aliphatic heterocycles. The molecule has 0 aliphatic carbocycles. The first-order chi connectivity index (χ1) is 7.20. The second-order valence-electron chi connectivity index (χ2n) is 3.47. The minimum atomic E-state index is 0.228. The number of hydrogen-bond acceptors (Lipinski definition) is 2. The molecule has 2 rings (SSSR count). The highest BCUT2D eigenvalue weighted by atomic mass is 16.3. The quantitative estimate of drug-likeness (QED) is 0.742. The third kappa shape index (κ3) is 1.66. The molecule has 0 unspecified atom stereocenters. The minimum Gasteiger partial charge on any atom is -0.508 e. The summed E-state index contributed by atoms with van der Waals surface area (Å²) < 4.78 is 0. The van der Waals surface area contributed by atoms with Gasteiger partial charge in [0.1, 0.15) is 11.5 Å². The van der Waals surface area contributed by atoms with Crippen molar-refractivity contribution in [2.75, 3.05) is 0 Å². The Morgan fingerprint density at radius 1 is 0.733 bits per heavy atom. The van der Waals surface area contributed by atoms with Crippen LogP contribution in [0.25, 0.3) is 11.1 Å². The van der Waals surface area contributed by atoms with E-state index in [0.29, 0.717) is 0 Å². The fourth-order valence-corrected chi connectivity index (χ4v) is 1.62. The van der Waals surface area contributed by atoms with Crippen molar-refractivity contribution in [2.24, 2.45) is 0 Å². The highest BCUT2D eigenvalue weighted by Gasteiger charge is 2.08. The molecule has 0 saturated carbocycles. The molecule has 0 radical (unpaired) electrons. The highest BCUT2D eigenvalue weighted by molar-refractivity contribution is 5.74. The van der Waals surface area contributed by atoms with Gasteiger partial charge in [-0.15, -0.1) is 0 Å². The fourth-order valence-electron chi connectivity index (χ4n) is 1.62. The van der Waals surface area contributed by atoms with E-state index >= 15 is 0 Å². The molecule has 0 aromatic heterocycles. The van der Waals surface area contributed by atoms with Crippen molar-refractivity contribution < 1.29 is 10.2 Å². The maximum atomic E-state index is 9.70. The molecule has 2 N–H and O–H groups in total.